The van der Waals surface area contributed by atoms with Crippen LogP contribution in [0, 0.1) is 0 Å². The molecule has 16 rings (SSSR count). The molecule has 91 heavy (non-hydrogen) atoms. The molecule has 12 bridgehead atoms. The molecule has 8 aliphatic rings. The van der Waals surface area contributed by atoms with Crippen LogP contribution in [0.15, 0.2) is 121 Å². The molecular weight excluding hydrogens is 1150 g/mol. The van der Waals surface area contributed by atoms with Crippen molar-refractivity contribution in [3.05, 3.63) is 188 Å². The maximum Gasteiger partial charge on any atom is 0.204 e. The van der Waals surface area contributed by atoms with Crippen molar-refractivity contribution < 1.29 is 57.2 Å². The zero-order valence-corrected chi connectivity index (χ0v) is 54.1. The summed E-state index contributed by atoms with van der Waals surface area (Å²) in [6.07, 6.45) is 6.63. The second kappa shape index (κ2) is 25.8. The highest BCUT2D eigenvalue weighted by atomic mass is 16.6. The van der Waals surface area contributed by atoms with Gasteiger partial charge >= 0.3 is 0 Å². The topological polar surface area (TPSA) is 135 Å². The van der Waals surface area contributed by atoms with Gasteiger partial charge in [0.05, 0.1) is 49.8 Å². The van der Waals surface area contributed by atoms with Gasteiger partial charge in [-0.15, -0.1) is 0 Å². The highest BCUT2D eigenvalue weighted by Crippen LogP contribution is 2.55. The molecule has 0 fully saturated rings. The quantitative estimate of drug-likeness (QED) is 0.162. The number of methoxy groups -OCH3 is 7. The summed E-state index contributed by atoms with van der Waals surface area (Å²) in [5.74, 6) is 9.78. The molecular formula is C75H82N4O12. The average molecular weight is 1230 g/mol. The molecule has 8 aromatic rings. The molecule has 4 atom stereocenters. The van der Waals surface area contributed by atoms with E-state index in [9.17, 15) is 5.11 Å². The lowest BCUT2D eigenvalue weighted by atomic mass is 9.87. The summed E-state index contributed by atoms with van der Waals surface area (Å²) in [5, 5.41) is 10.7. The van der Waals surface area contributed by atoms with Crippen LogP contribution in [-0.4, -0.2) is 129 Å². The van der Waals surface area contributed by atoms with Gasteiger partial charge in [-0.1, -0.05) is 36.4 Å². The fourth-order valence-corrected chi connectivity index (χ4v) is 14.4. The predicted octanol–water partition coefficient (Wildman–Crippen LogP) is 14.0. The summed E-state index contributed by atoms with van der Waals surface area (Å²) in [6.45, 7) is 3.68. The molecule has 16 nitrogen and oxygen atoms in total. The predicted molar refractivity (Wildman–Crippen MR) is 350 cm³/mol. The first kappa shape index (κ1) is 61.1. The molecule has 0 saturated heterocycles. The van der Waals surface area contributed by atoms with Gasteiger partial charge in [-0.3, -0.25) is 19.6 Å². The number of benzene rings is 8. The van der Waals surface area contributed by atoms with E-state index < -0.39 is 0 Å². The minimum atomic E-state index is -0.0402. The molecule has 8 heterocycles. The SMILES string of the molecule is COc1cc2c3cc1Oc1c(OC)c(OC)cc4c1[C@@H](Cc1ccc(O)c(c1)Oc1ccc(cc1)C[C@@H]3N(C)CC2)N(C)CC4.COc1ccc2cc1Oc1ccc(cc1)C[C@H]1c3cc(c(OC)cc3CCN1C)Oc1c(OC)c(OC)cc3c1[C@H](C2)N(C)CC3. The van der Waals surface area contributed by atoms with Gasteiger partial charge in [0.25, 0.3) is 0 Å². The zero-order chi connectivity index (χ0) is 63.2. The molecule has 0 radical (unpaired) electrons. The molecule has 0 saturated carbocycles. The minimum Gasteiger partial charge on any atom is -0.504 e. The lowest BCUT2D eigenvalue weighted by Crippen LogP contribution is -2.34. The van der Waals surface area contributed by atoms with Gasteiger partial charge in [0.15, 0.2) is 69.0 Å². The number of ether oxygens (including phenoxy) is 11. The van der Waals surface area contributed by atoms with E-state index in [0.29, 0.717) is 86.9 Å². The molecule has 0 spiro atoms. The second-order valence-corrected chi connectivity index (χ2v) is 24.7. The largest absolute Gasteiger partial charge is 0.504 e. The van der Waals surface area contributed by atoms with Gasteiger partial charge in [-0.2, -0.15) is 0 Å². The maximum atomic E-state index is 10.7. The van der Waals surface area contributed by atoms with E-state index in [1.807, 2.05) is 42.5 Å². The van der Waals surface area contributed by atoms with Crippen LogP contribution in [-0.2, 0) is 51.4 Å². The Kier molecular flexibility index (Phi) is 17.3. The van der Waals surface area contributed by atoms with Crippen LogP contribution in [0.3, 0.4) is 0 Å². The van der Waals surface area contributed by atoms with Crippen LogP contribution in [0.5, 0.6) is 92.0 Å². The third-order valence-corrected chi connectivity index (χ3v) is 19.5. The summed E-state index contributed by atoms with van der Waals surface area (Å²) < 4.78 is 68.1. The van der Waals surface area contributed by atoms with E-state index in [4.69, 9.17) is 52.1 Å². The van der Waals surface area contributed by atoms with Crippen LogP contribution in [0.4, 0.5) is 0 Å². The van der Waals surface area contributed by atoms with Crippen molar-refractivity contribution >= 4 is 0 Å². The molecule has 0 amide bonds. The molecule has 0 unspecified atom stereocenters. The van der Waals surface area contributed by atoms with E-state index in [1.165, 1.54) is 38.9 Å². The van der Waals surface area contributed by atoms with Gasteiger partial charge < -0.3 is 57.2 Å². The smallest absolute Gasteiger partial charge is 0.204 e. The number of nitrogens with zero attached hydrogens (tertiary/aromatic N) is 4. The Balaban J connectivity index is 0.000000167. The zero-order valence-electron chi connectivity index (χ0n) is 54.1. The monoisotopic (exact) mass is 1230 g/mol. The summed E-state index contributed by atoms with van der Waals surface area (Å²) in [4.78, 5) is 9.57. The molecule has 474 valence electrons. The van der Waals surface area contributed by atoms with Crippen LogP contribution in [0.1, 0.15) is 90.9 Å². The van der Waals surface area contributed by atoms with Crippen LogP contribution in [0.2, 0.25) is 0 Å². The van der Waals surface area contributed by atoms with E-state index in [-0.39, 0.29) is 29.9 Å². The summed E-state index contributed by atoms with van der Waals surface area (Å²) in [6, 6.07) is 41.5. The van der Waals surface area contributed by atoms with Gasteiger partial charge in [0.2, 0.25) is 11.5 Å². The third kappa shape index (κ3) is 11.9. The van der Waals surface area contributed by atoms with Gasteiger partial charge in [0.1, 0.15) is 11.5 Å². The Morgan fingerprint density at radius 2 is 0.692 bits per heavy atom. The Bertz CT molecular complexity index is 4000. The number of likely N-dealkylation sites (N-methyl/N-ethyl adjacent to an activating group) is 4. The Labute approximate surface area is 534 Å². The normalized spacial score (nSPS) is 19.3. The van der Waals surface area contributed by atoms with E-state index >= 15 is 0 Å². The average Bonchev–Trinajstić information content (AvgIpc) is 0.861. The lowest BCUT2D eigenvalue weighted by molar-refractivity contribution is 0.220. The third-order valence-electron chi connectivity index (χ3n) is 19.5. The van der Waals surface area contributed by atoms with Gasteiger partial charge in [-0.25, -0.2) is 0 Å². The molecule has 0 aromatic heterocycles. The Hall–Kier alpha value is -8.80. The molecule has 1 N–H and O–H groups in total. The van der Waals surface area contributed by atoms with Crippen molar-refractivity contribution in [3.8, 4) is 92.0 Å². The number of hydrogen-bond acceptors (Lipinski definition) is 16. The van der Waals surface area contributed by atoms with E-state index in [0.717, 1.165) is 105 Å². The number of fused-ring (bicyclic) bond motifs is 4. The first-order valence-corrected chi connectivity index (χ1v) is 31.4. The minimum absolute atomic E-state index is 0.000437. The van der Waals surface area contributed by atoms with Crippen molar-refractivity contribution in [2.45, 2.75) is 75.5 Å². The van der Waals surface area contributed by atoms with E-state index in [2.05, 4.69) is 121 Å². The van der Waals surface area contributed by atoms with Crippen LogP contribution < -0.4 is 52.1 Å². The van der Waals surface area contributed by atoms with Gasteiger partial charge in [0, 0.05) is 61.5 Å². The first-order valence-electron chi connectivity index (χ1n) is 31.4. The number of aromatic hydroxyl groups is 1. The lowest BCUT2D eigenvalue weighted by Gasteiger charge is -2.37. The van der Waals surface area contributed by atoms with Crippen LogP contribution in [0.25, 0.3) is 0 Å². The van der Waals surface area contributed by atoms with E-state index in [1.54, 1.807) is 55.8 Å². The summed E-state index contributed by atoms with van der Waals surface area (Å²) in [5.41, 5.74) is 14.1. The fourth-order valence-electron chi connectivity index (χ4n) is 14.4. The van der Waals surface area contributed by atoms with Crippen LogP contribution >= 0.6 is 0 Å². The van der Waals surface area contributed by atoms with Crippen molar-refractivity contribution in [1.29, 1.82) is 0 Å². The Morgan fingerprint density at radius 1 is 0.341 bits per heavy atom. The molecule has 8 aromatic carbocycles. The standard InChI is InChI=1S/C38H42N2O6.C37H40N2O6/c1-39-15-13-25-20-32(42-4)34-22-28(25)29(39)17-23-7-10-27(11-8-23)45-33-19-24(9-12-31(33)41-3)18-30-36-26(14-16-40(30)2)21-35(43-5)37(44-6)38(36)46-34;1-38-14-12-24-19-32(41-3)33-21-27(24)28(38)16-22-6-9-26(10-7-22)44-31-18-23(8-11-30(31)40)17-29-35-25(13-15-39(29)2)20-34(42-4)36(43-5)37(35)45-33/h7-12,19-22,29-30H,13-18H2,1-6H3;6-11,18-21,28-29,40H,12-17H2,1-5H3/t29-,30-;28-,29+/m00/s1. The van der Waals surface area contributed by atoms with Crippen molar-refractivity contribution in [1.82, 2.24) is 19.6 Å². The number of rotatable bonds is 7. The summed E-state index contributed by atoms with van der Waals surface area (Å²) >= 11 is 0. The number of phenolic OH excluding ortho intramolecular Hbond substituents is 1. The fraction of sp³-hybridized carbons (Fsp3) is 0.360. The van der Waals surface area contributed by atoms with Crippen molar-refractivity contribution in [2.24, 2.45) is 0 Å². The molecule has 16 heteroatoms. The number of hydrogen-bond donors (Lipinski definition) is 1. The molecule has 8 aliphatic heterocycles. The first-order chi connectivity index (χ1) is 44.3. The second-order valence-electron chi connectivity index (χ2n) is 24.7. The highest BCUT2D eigenvalue weighted by Gasteiger charge is 2.38. The maximum absolute atomic E-state index is 10.7. The highest BCUT2D eigenvalue weighted by molar-refractivity contribution is 5.66. The summed E-state index contributed by atoms with van der Waals surface area (Å²) in [7, 11) is 20.4. The van der Waals surface area contributed by atoms with Gasteiger partial charge in [-0.05, 0) is 220 Å². The molecule has 0 aliphatic carbocycles. The number of phenols is 1. The Morgan fingerprint density at radius 3 is 1.12 bits per heavy atom. The van der Waals surface area contributed by atoms with Crippen molar-refractivity contribution in [2.75, 3.05) is 104 Å². The van der Waals surface area contributed by atoms with Crippen molar-refractivity contribution in [3.63, 3.8) is 0 Å².